The molecule has 0 aliphatic heterocycles. The Labute approximate surface area is 120 Å². The first-order chi connectivity index (χ1) is 9.83. The summed E-state index contributed by atoms with van der Waals surface area (Å²) in [6.45, 7) is 2.08. The van der Waals surface area contributed by atoms with Crippen LogP contribution in [0.3, 0.4) is 0 Å². The molecule has 114 valence electrons. The average molecular weight is 316 g/mol. The largest absolute Gasteiger partial charge is 0.381 e. The lowest BCUT2D eigenvalue weighted by molar-refractivity contribution is 0.506. The van der Waals surface area contributed by atoms with Crippen molar-refractivity contribution >= 4 is 15.8 Å². The van der Waals surface area contributed by atoms with Gasteiger partial charge in [-0.1, -0.05) is 6.07 Å². The van der Waals surface area contributed by atoms with Crippen LogP contribution in [0.2, 0.25) is 0 Å². The molecule has 6 nitrogen and oxygen atoms in total. The summed E-state index contributed by atoms with van der Waals surface area (Å²) in [4.78, 5) is -0.146. The van der Waals surface area contributed by atoms with Crippen LogP contribution in [0.1, 0.15) is 12.5 Å². The zero-order valence-electron chi connectivity index (χ0n) is 11.2. The Morgan fingerprint density at radius 3 is 2.62 bits per heavy atom. The van der Waals surface area contributed by atoms with Gasteiger partial charge >= 0.3 is 0 Å². The number of nitrogen functional groups attached to an aromatic ring is 1. The van der Waals surface area contributed by atoms with Crippen molar-refractivity contribution in [2.75, 3.05) is 5.73 Å². The van der Waals surface area contributed by atoms with Gasteiger partial charge in [-0.2, -0.15) is 5.10 Å². The van der Waals surface area contributed by atoms with E-state index in [2.05, 4.69) is 9.82 Å². The van der Waals surface area contributed by atoms with Crippen molar-refractivity contribution in [1.82, 2.24) is 14.5 Å². The summed E-state index contributed by atoms with van der Waals surface area (Å²) < 4.78 is 53.7. The molecule has 9 heteroatoms. The molecule has 0 fully saturated rings. The summed E-state index contributed by atoms with van der Waals surface area (Å²) in [7, 11) is -3.88. The second-order valence-electron chi connectivity index (χ2n) is 4.31. The van der Waals surface area contributed by atoms with Gasteiger partial charge < -0.3 is 5.73 Å². The van der Waals surface area contributed by atoms with E-state index in [4.69, 9.17) is 5.73 Å². The first-order valence-electron chi connectivity index (χ1n) is 6.10. The normalized spacial score (nSPS) is 11.8. The molecule has 1 aromatic heterocycles. The van der Waals surface area contributed by atoms with Crippen LogP contribution in [0.15, 0.2) is 29.3 Å². The molecule has 0 atom stereocenters. The van der Waals surface area contributed by atoms with E-state index in [0.29, 0.717) is 12.1 Å². The number of aromatic nitrogens is 2. The number of nitrogens with two attached hydrogens (primary N) is 1. The molecule has 0 saturated heterocycles. The van der Waals surface area contributed by atoms with Gasteiger partial charge in [0.2, 0.25) is 10.0 Å². The van der Waals surface area contributed by atoms with Crippen molar-refractivity contribution in [1.29, 1.82) is 0 Å². The molecule has 0 amide bonds. The minimum Gasteiger partial charge on any atom is -0.381 e. The van der Waals surface area contributed by atoms with Crippen LogP contribution in [0.25, 0.3) is 0 Å². The van der Waals surface area contributed by atoms with E-state index >= 15 is 0 Å². The predicted molar refractivity (Wildman–Crippen MR) is 72.7 cm³/mol. The van der Waals surface area contributed by atoms with Crippen LogP contribution in [0, 0.1) is 11.6 Å². The zero-order valence-corrected chi connectivity index (χ0v) is 12.0. The fourth-order valence-corrected chi connectivity index (χ4v) is 2.78. The molecule has 1 aromatic carbocycles. The molecule has 0 saturated carbocycles. The van der Waals surface area contributed by atoms with E-state index in [1.54, 1.807) is 6.92 Å². The third-order valence-corrected chi connectivity index (χ3v) is 4.24. The zero-order chi connectivity index (χ0) is 15.6. The Hall–Kier alpha value is -2.00. The maximum Gasteiger partial charge on any atom is 0.246 e. The standard InChI is InChI=1S/C12H14F2N4O2S/c1-2-18-7-11(12(15)17-18)21(19,20)16-6-8-3-4-9(13)10(14)5-8/h3-5,7,16H,2,6H2,1H3,(H2,15,17). The number of benzene rings is 1. The number of rotatable bonds is 5. The Morgan fingerprint density at radius 1 is 1.33 bits per heavy atom. The van der Waals surface area contributed by atoms with Crippen molar-refractivity contribution in [3.05, 3.63) is 41.6 Å². The van der Waals surface area contributed by atoms with Gasteiger partial charge in [-0.3, -0.25) is 4.68 Å². The van der Waals surface area contributed by atoms with E-state index < -0.39 is 21.7 Å². The van der Waals surface area contributed by atoms with Gasteiger partial charge in [-0.05, 0) is 24.6 Å². The molecule has 0 aliphatic carbocycles. The van der Waals surface area contributed by atoms with Gasteiger partial charge in [-0.25, -0.2) is 21.9 Å². The quantitative estimate of drug-likeness (QED) is 0.868. The summed E-state index contributed by atoms with van der Waals surface area (Å²) in [6.07, 6.45) is 1.31. The number of hydrogen-bond acceptors (Lipinski definition) is 4. The number of nitrogens with one attached hydrogen (secondary N) is 1. The summed E-state index contributed by atoms with van der Waals surface area (Å²) in [5.41, 5.74) is 5.85. The molecule has 0 spiro atoms. The smallest absolute Gasteiger partial charge is 0.246 e. The van der Waals surface area contributed by atoms with Crippen LogP contribution in [-0.4, -0.2) is 18.2 Å². The Morgan fingerprint density at radius 2 is 2.05 bits per heavy atom. The molecular weight excluding hydrogens is 302 g/mol. The summed E-state index contributed by atoms with van der Waals surface area (Å²) in [5.74, 6) is -2.14. The maximum atomic E-state index is 13.0. The molecule has 1 heterocycles. The van der Waals surface area contributed by atoms with Crippen molar-refractivity contribution in [3.63, 3.8) is 0 Å². The topological polar surface area (TPSA) is 90.0 Å². The number of nitrogens with zero attached hydrogens (tertiary/aromatic N) is 2. The highest BCUT2D eigenvalue weighted by Crippen LogP contribution is 2.17. The van der Waals surface area contributed by atoms with Crippen molar-refractivity contribution in [2.24, 2.45) is 0 Å². The van der Waals surface area contributed by atoms with E-state index in [0.717, 1.165) is 12.1 Å². The van der Waals surface area contributed by atoms with Gasteiger partial charge in [-0.15, -0.1) is 0 Å². The number of sulfonamides is 1. The van der Waals surface area contributed by atoms with Crippen LogP contribution in [0.5, 0.6) is 0 Å². The average Bonchev–Trinajstić information content (AvgIpc) is 2.82. The second-order valence-corrected chi connectivity index (χ2v) is 6.04. The summed E-state index contributed by atoms with van der Waals surface area (Å²) >= 11 is 0. The lowest BCUT2D eigenvalue weighted by Crippen LogP contribution is -2.23. The van der Waals surface area contributed by atoms with Crippen molar-refractivity contribution in [2.45, 2.75) is 24.9 Å². The lowest BCUT2D eigenvalue weighted by atomic mass is 10.2. The number of halogens is 2. The van der Waals surface area contributed by atoms with Crippen LogP contribution in [0.4, 0.5) is 14.6 Å². The highest BCUT2D eigenvalue weighted by molar-refractivity contribution is 7.89. The van der Waals surface area contributed by atoms with Crippen LogP contribution >= 0.6 is 0 Å². The van der Waals surface area contributed by atoms with Gasteiger partial charge in [0.1, 0.15) is 4.90 Å². The van der Waals surface area contributed by atoms with E-state index in [-0.39, 0.29) is 17.3 Å². The highest BCUT2D eigenvalue weighted by atomic mass is 32.2. The van der Waals surface area contributed by atoms with E-state index in [1.807, 2.05) is 0 Å². The maximum absolute atomic E-state index is 13.0. The molecule has 0 radical (unpaired) electrons. The third kappa shape index (κ3) is 3.37. The highest BCUT2D eigenvalue weighted by Gasteiger charge is 2.20. The van der Waals surface area contributed by atoms with Gasteiger partial charge in [0.05, 0.1) is 0 Å². The fraction of sp³-hybridized carbons (Fsp3) is 0.250. The van der Waals surface area contributed by atoms with E-state index in [9.17, 15) is 17.2 Å². The molecule has 2 rings (SSSR count). The van der Waals surface area contributed by atoms with Crippen molar-refractivity contribution in [3.8, 4) is 0 Å². The number of aryl methyl sites for hydroxylation is 1. The van der Waals surface area contributed by atoms with Crippen LogP contribution < -0.4 is 10.5 Å². The Bertz CT molecular complexity index is 759. The molecule has 2 aromatic rings. The first-order valence-corrected chi connectivity index (χ1v) is 7.58. The molecule has 0 bridgehead atoms. The Kier molecular flexibility index (Phi) is 4.24. The molecule has 0 unspecified atom stereocenters. The van der Waals surface area contributed by atoms with Gasteiger partial charge in [0.15, 0.2) is 17.5 Å². The monoisotopic (exact) mass is 316 g/mol. The number of anilines is 1. The fourth-order valence-electron chi connectivity index (χ4n) is 1.69. The minimum absolute atomic E-state index is 0.116. The second kappa shape index (κ2) is 5.78. The van der Waals surface area contributed by atoms with Crippen molar-refractivity contribution < 1.29 is 17.2 Å². The third-order valence-electron chi connectivity index (χ3n) is 2.82. The molecule has 3 N–H and O–H groups in total. The first kappa shape index (κ1) is 15.4. The van der Waals surface area contributed by atoms with Gasteiger partial charge in [0, 0.05) is 19.3 Å². The van der Waals surface area contributed by atoms with Gasteiger partial charge in [0.25, 0.3) is 0 Å². The summed E-state index contributed by atoms with van der Waals surface area (Å²) in [6, 6.07) is 3.15. The van der Waals surface area contributed by atoms with E-state index in [1.165, 1.54) is 16.9 Å². The molecule has 21 heavy (non-hydrogen) atoms. The lowest BCUT2D eigenvalue weighted by Gasteiger charge is -2.06. The minimum atomic E-state index is -3.88. The van der Waals surface area contributed by atoms with Crippen LogP contribution in [-0.2, 0) is 23.1 Å². The summed E-state index contributed by atoms with van der Waals surface area (Å²) in [5, 5.41) is 3.84. The Balaban J connectivity index is 2.17. The number of hydrogen-bond donors (Lipinski definition) is 2. The predicted octanol–water partition coefficient (Wildman–Crippen LogP) is 1.24. The molecule has 0 aliphatic rings. The SMILES string of the molecule is CCn1cc(S(=O)(=O)NCc2ccc(F)c(F)c2)c(N)n1. The molecular formula is C12H14F2N4O2S.